The summed E-state index contributed by atoms with van der Waals surface area (Å²) in [6, 6.07) is 18.0. The van der Waals surface area contributed by atoms with Crippen LogP contribution in [0, 0.1) is 0 Å². The van der Waals surface area contributed by atoms with E-state index in [1.807, 2.05) is 47.4 Å². The van der Waals surface area contributed by atoms with Crippen molar-refractivity contribution in [3.63, 3.8) is 0 Å². The van der Waals surface area contributed by atoms with Crippen LogP contribution in [0.25, 0.3) is 11.3 Å². The molecule has 0 unspecified atom stereocenters. The number of amides is 2. The van der Waals surface area contributed by atoms with Crippen molar-refractivity contribution >= 4 is 34.8 Å². The van der Waals surface area contributed by atoms with Gasteiger partial charge in [-0.2, -0.15) is 0 Å². The van der Waals surface area contributed by atoms with Crippen LogP contribution in [0.15, 0.2) is 60.8 Å². The van der Waals surface area contributed by atoms with E-state index in [1.54, 1.807) is 6.20 Å². The number of rotatable bonds is 8. The second-order valence-electron chi connectivity index (χ2n) is 11.1. The fourth-order valence-electron chi connectivity index (χ4n) is 6.03. The number of benzene rings is 2. The van der Waals surface area contributed by atoms with Gasteiger partial charge >= 0.3 is 0 Å². The fourth-order valence-corrected chi connectivity index (χ4v) is 6.03. The minimum Gasteiger partial charge on any atom is -0.368 e. The largest absolute Gasteiger partial charge is 0.368 e. The van der Waals surface area contributed by atoms with Gasteiger partial charge in [0.05, 0.1) is 12.2 Å². The normalized spacial score (nSPS) is 19.6. The van der Waals surface area contributed by atoms with Crippen LogP contribution in [-0.4, -0.2) is 103 Å². The molecule has 2 aromatic carbocycles. The number of carbonyl (C=O) groups excluding carboxylic acids is 2. The molecular formula is C31H39N9O2. The third-order valence-corrected chi connectivity index (χ3v) is 8.42. The molecule has 42 heavy (non-hydrogen) atoms. The van der Waals surface area contributed by atoms with Gasteiger partial charge in [0.15, 0.2) is 0 Å². The molecule has 3 saturated heterocycles. The first kappa shape index (κ1) is 27.9. The van der Waals surface area contributed by atoms with Crippen molar-refractivity contribution < 1.29 is 9.59 Å². The Morgan fingerprint density at radius 1 is 0.881 bits per heavy atom. The first-order chi connectivity index (χ1) is 20.5. The summed E-state index contributed by atoms with van der Waals surface area (Å²) in [6.07, 6.45) is 3.51. The van der Waals surface area contributed by atoms with Crippen LogP contribution < -0.4 is 26.2 Å². The lowest BCUT2D eigenvalue weighted by Crippen LogP contribution is -2.53. The number of carbonyl (C=O) groups is 2. The van der Waals surface area contributed by atoms with Gasteiger partial charge < -0.3 is 31.1 Å². The highest BCUT2D eigenvalue weighted by Crippen LogP contribution is 2.28. The average Bonchev–Trinajstić information content (AvgIpc) is 3.53. The van der Waals surface area contributed by atoms with Gasteiger partial charge in [0, 0.05) is 87.7 Å². The molecule has 0 radical (unpaired) electrons. The van der Waals surface area contributed by atoms with E-state index in [0.29, 0.717) is 12.5 Å². The summed E-state index contributed by atoms with van der Waals surface area (Å²) < 4.78 is 0. The molecule has 11 heteroatoms. The number of nitrogens with zero attached hydrogens (tertiary/aromatic N) is 6. The molecule has 3 aliphatic heterocycles. The van der Waals surface area contributed by atoms with Crippen molar-refractivity contribution in [1.82, 2.24) is 25.1 Å². The summed E-state index contributed by atoms with van der Waals surface area (Å²) in [5.74, 6) is 0.485. The van der Waals surface area contributed by atoms with E-state index in [9.17, 15) is 9.59 Å². The Labute approximate surface area is 246 Å². The Kier molecular flexibility index (Phi) is 8.47. The van der Waals surface area contributed by atoms with Crippen LogP contribution in [0.4, 0.5) is 23.0 Å². The molecule has 1 aromatic heterocycles. The Morgan fingerprint density at radius 3 is 2.31 bits per heavy atom. The molecular weight excluding hydrogens is 530 g/mol. The van der Waals surface area contributed by atoms with Gasteiger partial charge in [0.1, 0.15) is 6.04 Å². The summed E-state index contributed by atoms with van der Waals surface area (Å²) in [7, 11) is 0. The number of nitrogens with two attached hydrogens (primary N) is 1. The maximum absolute atomic E-state index is 12.8. The van der Waals surface area contributed by atoms with Gasteiger partial charge in [-0.15, -0.1) is 0 Å². The quantitative estimate of drug-likeness (QED) is 0.373. The zero-order chi connectivity index (χ0) is 28.9. The minimum absolute atomic E-state index is 0.234. The van der Waals surface area contributed by atoms with E-state index in [-0.39, 0.29) is 17.9 Å². The van der Waals surface area contributed by atoms with Crippen LogP contribution in [0.3, 0.4) is 0 Å². The Bertz CT molecular complexity index is 1370. The van der Waals surface area contributed by atoms with Crippen molar-refractivity contribution in [2.24, 2.45) is 5.73 Å². The molecule has 0 aliphatic carbocycles. The number of hydrogen-bond acceptors (Lipinski definition) is 9. The van der Waals surface area contributed by atoms with Gasteiger partial charge in [0.25, 0.3) is 0 Å². The molecule has 3 aliphatic rings. The third-order valence-electron chi connectivity index (χ3n) is 8.42. The summed E-state index contributed by atoms with van der Waals surface area (Å²) in [4.78, 5) is 42.3. The zero-order valence-electron chi connectivity index (χ0n) is 23.9. The average molecular weight is 570 g/mol. The molecule has 0 saturated carbocycles. The maximum atomic E-state index is 12.8. The van der Waals surface area contributed by atoms with Crippen LogP contribution in [-0.2, 0) is 9.59 Å². The van der Waals surface area contributed by atoms with E-state index in [4.69, 9.17) is 10.7 Å². The molecule has 6 rings (SSSR count). The van der Waals surface area contributed by atoms with Crippen molar-refractivity contribution in [2.75, 3.05) is 80.6 Å². The summed E-state index contributed by atoms with van der Waals surface area (Å²) in [5.41, 5.74) is 10.4. The summed E-state index contributed by atoms with van der Waals surface area (Å²) in [6.45, 7) is 8.28. The molecule has 3 aromatic rings. The number of hydrogen-bond donors (Lipinski definition) is 3. The summed E-state index contributed by atoms with van der Waals surface area (Å²) in [5, 5.41) is 6.65. The molecule has 0 spiro atoms. The fraction of sp³-hybridized carbons (Fsp3) is 0.419. The Balaban J connectivity index is 1.03. The maximum Gasteiger partial charge on any atom is 0.240 e. The molecule has 2 amide bonds. The smallest absolute Gasteiger partial charge is 0.240 e. The van der Waals surface area contributed by atoms with E-state index in [2.05, 4.69) is 42.5 Å². The first-order valence-electron chi connectivity index (χ1n) is 14.9. The molecule has 4 N–H and O–H groups in total. The van der Waals surface area contributed by atoms with Gasteiger partial charge in [-0.05, 0) is 55.3 Å². The number of piperazine rings is 2. The van der Waals surface area contributed by atoms with E-state index >= 15 is 0 Å². The topological polar surface area (TPSA) is 123 Å². The molecule has 220 valence electrons. The lowest BCUT2D eigenvalue weighted by molar-refractivity contribution is -0.132. The molecule has 11 nitrogen and oxygen atoms in total. The van der Waals surface area contributed by atoms with Crippen molar-refractivity contribution in [3.8, 4) is 11.3 Å². The number of aromatic nitrogens is 2. The van der Waals surface area contributed by atoms with E-state index < -0.39 is 0 Å². The lowest BCUT2D eigenvalue weighted by Gasteiger charge is -2.37. The zero-order valence-corrected chi connectivity index (χ0v) is 23.9. The predicted octanol–water partition coefficient (Wildman–Crippen LogP) is 1.90. The predicted molar refractivity (Wildman–Crippen MR) is 165 cm³/mol. The number of anilines is 4. The van der Waals surface area contributed by atoms with E-state index in [0.717, 1.165) is 100 Å². The highest BCUT2D eigenvalue weighted by Gasteiger charge is 2.29. The molecule has 3 fully saturated rings. The van der Waals surface area contributed by atoms with Gasteiger partial charge in [-0.25, -0.2) is 9.97 Å². The SMILES string of the molecule is NC(=O)[C@H]1CCCN1c1ccc(-c2ccnc(Nc3ccc(N4CCN(C(=O)CN5CCNCC5)CC4)cc3)n2)cc1. The van der Waals surface area contributed by atoms with Gasteiger partial charge in [-0.3, -0.25) is 14.5 Å². The van der Waals surface area contributed by atoms with Gasteiger partial charge in [-0.1, -0.05) is 12.1 Å². The van der Waals surface area contributed by atoms with Crippen LogP contribution in [0.5, 0.6) is 0 Å². The standard InChI is InChI=1S/C31H39N9O2/c32-30(42)28-2-1-15-40(28)26-7-3-23(4-8-26)27-11-12-34-31(36-27)35-24-5-9-25(10-6-24)38-18-20-39(21-19-38)29(41)22-37-16-13-33-14-17-37/h3-12,28,33H,1-2,13-22H2,(H2,32,42)(H,34,35,36)/t28-/m1/s1. The number of nitrogens with one attached hydrogen (secondary N) is 2. The van der Waals surface area contributed by atoms with Crippen LogP contribution >= 0.6 is 0 Å². The second-order valence-corrected chi connectivity index (χ2v) is 11.1. The molecule has 1 atom stereocenters. The van der Waals surface area contributed by atoms with E-state index in [1.165, 1.54) is 0 Å². The lowest BCUT2D eigenvalue weighted by atomic mass is 10.1. The van der Waals surface area contributed by atoms with Crippen LogP contribution in [0.2, 0.25) is 0 Å². The number of primary amides is 1. The Morgan fingerprint density at radius 2 is 1.60 bits per heavy atom. The monoisotopic (exact) mass is 569 g/mol. The van der Waals surface area contributed by atoms with Crippen molar-refractivity contribution in [2.45, 2.75) is 18.9 Å². The molecule has 0 bridgehead atoms. The Hall–Kier alpha value is -4.22. The summed E-state index contributed by atoms with van der Waals surface area (Å²) >= 11 is 0. The van der Waals surface area contributed by atoms with Crippen LogP contribution in [0.1, 0.15) is 12.8 Å². The first-order valence-corrected chi connectivity index (χ1v) is 14.9. The van der Waals surface area contributed by atoms with Crippen molar-refractivity contribution in [3.05, 3.63) is 60.8 Å². The highest BCUT2D eigenvalue weighted by molar-refractivity contribution is 5.84. The highest BCUT2D eigenvalue weighted by atomic mass is 16.2. The second kappa shape index (κ2) is 12.7. The minimum atomic E-state index is -0.271. The third kappa shape index (κ3) is 6.47. The molecule has 4 heterocycles. The van der Waals surface area contributed by atoms with Crippen molar-refractivity contribution in [1.29, 1.82) is 0 Å². The van der Waals surface area contributed by atoms with Gasteiger partial charge in [0.2, 0.25) is 17.8 Å².